The molecule has 1 heterocycles. The molecule has 0 unspecified atom stereocenters. The molecule has 10 heteroatoms. The highest BCUT2D eigenvalue weighted by Gasteiger charge is 2.26. The fourth-order valence-corrected chi connectivity index (χ4v) is 3.11. The van der Waals surface area contributed by atoms with Crippen molar-refractivity contribution < 1.29 is 28.7 Å². The zero-order valence-corrected chi connectivity index (χ0v) is 20.4. The summed E-state index contributed by atoms with van der Waals surface area (Å²) in [5, 5.41) is 5.14. The lowest BCUT2D eigenvalue weighted by Crippen LogP contribution is -2.46. The Kier molecular flexibility index (Phi) is 9.10. The molecular formula is C23H26BrN3O6. The Morgan fingerprint density at radius 2 is 1.85 bits per heavy atom. The van der Waals surface area contributed by atoms with Gasteiger partial charge in [0.05, 0.1) is 12.8 Å². The van der Waals surface area contributed by atoms with Crippen molar-refractivity contribution in [3.8, 4) is 0 Å². The number of ether oxygens (including phenoxy) is 2. The molecule has 0 spiro atoms. The fraction of sp³-hybridized carbons (Fsp3) is 0.348. The fourth-order valence-electron chi connectivity index (χ4n) is 2.75. The summed E-state index contributed by atoms with van der Waals surface area (Å²) in [4.78, 5) is 53.9. The SMILES string of the molecule is COC(=O)CC[C@H](NC(=O)OC(C)(C)C)C(=O)Nc1ccc(Br)cc1C(=O)c1ccccn1. The van der Waals surface area contributed by atoms with Crippen LogP contribution in [0.4, 0.5) is 10.5 Å². The number of alkyl carbamates (subject to hydrolysis) is 1. The Morgan fingerprint density at radius 3 is 2.45 bits per heavy atom. The maximum absolute atomic E-state index is 13.0. The molecule has 1 aromatic carbocycles. The second kappa shape index (κ2) is 11.6. The smallest absolute Gasteiger partial charge is 0.408 e. The molecule has 0 aliphatic carbocycles. The van der Waals surface area contributed by atoms with Crippen LogP contribution in [-0.2, 0) is 19.1 Å². The summed E-state index contributed by atoms with van der Waals surface area (Å²) in [6, 6.07) is 8.62. The van der Waals surface area contributed by atoms with E-state index in [0.29, 0.717) is 4.47 Å². The number of benzene rings is 1. The first-order valence-corrected chi connectivity index (χ1v) is 10.9. The van der Waals surface area contributed by atoms with Gasteiger partial charge in [0, 0.05) is 22.7 Å². The number of esters is 1. The van der Waals surface area contributed by atoms with Crippen LogP contribution in [0.3, 0.4) is 0 Å². The lowest BCUT2D eigenvalue weighted by molar-refractivity contribution is -0.140. The van der Waals surface area contributed by atoms with Gasteiger partial charge < -0.3 is 20.1 Å². The molecule has 0 aliphatic rings. The van der Waals surface area contributed by atoms with Crippen molar-refractivity contribution in [3.63, 3.8) is 0 Å². The Bertz CT molecular complexity index is 1020. The zero-order chi connectivity index (χ0) is 24.6. The number of rotatable bonds is 8. The molecular weight excluding hydrogens is 494 g/mol. The van der Waals surface area contributed by atoms with Crippen molar-refractivity contribution in [1.29, 1.82) is 0 Å². The molecule has 9 nitrogen and oxygen atoms in total. The van der Waals surface area contributed by atoms with Crippen LogP contribution in [0.15, 0.2) is 47.1 Å². The molecule has 0 bridgehead atoms. The number of carbonyl (C=O) groups is 4. The van der Waals surface area contributed by atoms with Gasteiger partial charge in [0.15, 0.2) is 0 Å². The normalized spacial score (nSPS) is 11.8. The molecule has 2 amide bonds. The number of methoxy groups -OCH3 is 1. The van der Waals surface area contributed by atoms with Crippen LogP contribution in [0, 0.1) is 0 Å². The third kappa shape index (κ3) is 8.30. The predicted molar refractivity (Wildman–Crippen MR) is 125 cm³/mol. The summed E-state index contributed by atoms with van der Waals surface area (Å²) in [6.45, 7) is 5.06. The number of hydrogen-bond donors (Lipinski definition) is 2. The summed E-state index contributed by atoms with van der Waals surface area (Å²) >= 11 is 3.33. The number of anilines is 1. The van der Waals surface area contributed by atoms with Gasteiger partial charge in [-0.3, -0.25) is 19.4 Å². The van der Waals surface area contributed by atoms with E-state index in [-0.39, 0.29) is 29.8 Å². The van der Waals surface area contributed by atoms with Gasteiger partial charge in [0.25, 0.3) is 0 Å². The molecule has 2 N–H and O–H groups in total. The van der Waals surface area contributed by atoms with Crippen LogP contribution in [0.1, 0.15) is 49.7 Å². The van der Waals surface area contributed by atoms with Crippen molar-refractivity contribution in [2.75, 3.05) is 12.4 Å². The summed E-state index contributed by atoms with van der Waals surface area (Å²) in [5.74, 6) is -1.55. The highest BCUT2D eigenvalue weighted by atomic mass is 79.9. The van der Waals surface area contributed by atoms with Crippen LogP contribution in [-0.4, -0.2) is 47.5 Å². The minimum atomic E-state index is -1.11. The largest absolute Gasteiger partial charge is 0.469 e. The number of hydrogen-bond acceptors (Lipinski definition) is 7. The van der Waals surface area contributed by atoms with Gasteiger partial charge in [-0.2, -0.15) is 0 Å². The van der Waals surface area contributed by atoms with E-state index < -0.39 is 35.4 Å². The average molecular weight is 520 g/mol. The van der Waals surface area contributed by atoms with E-state index in [1.165, 1.54) is 13.3 Å². The minimum absolute atomic E-state index is 0.0300. The van der Waals surface area contributed by atoms with Crippen LogP contribution < -0.4 is 10.6 Å². The molecule has 1 aromatic heterocycles. The topological polar surface area (TPSA) is 124 Å². The first-order chi connectivity index (χ1) is 15.5. The number of pyridine rings is 1. The second-order valence-electron chi connectivity index (χ2n) is 8.04. The van der Waals surface area contributed by atoms with Gasteiger partial charge in [-0.05, 0) is 57.5 Å². The quantitative estimate of drug-likeness (QED) is 0.400. The molecule has 2 aromatic rings. The second-order valence-corrected chi connectivity index (χ2v) is 8.95. The molecule has 33 heavy (non-hydrogen) atoms. The monoisotopic (exact) mass is 519 g/mol. The predicted octanol–water partition coefficient (Wildman–Crippen LogP) is 3.86. The standard InChI is InChI=1S/C23H26BrN3O6/c1-23(2,3)33-22(31)27-18(10-11-19(28)32-4)21(30)26-16-9-8-14(24)13-15(16)20(29)17-7-5-6-12-25-17/h5-9,12-13,18H,10-11H2,1-4H3,(H,26,30)(H,27,31)/t18-/m0/s1. The Labute approximate surface area is 200 Å². The van der Waals surface area contributed by atoms with Gasteiger partial charge in [-0.25, -0.2) is 4.79 Å². The molecule has 0 radical (unpaired) electrons. The first kappa shape index (κ1) is 26.0. The van der Waals surface area contributed by atoms with E-state index in [1.807, 2.05) is 0 Å². The highest BCUT2D eigenvalue weighted by Crippen LogP contribution is 2.24. The molecule has 0 saturated carbocycles. The number of amides is 2. The van der Waals surface area contributed by atoms with E-state index >= 15 is 0 Å². The third-order valence-corrected chi connectivity index (χ3v) is 4.75. The Morgan fingerprint density at radius 1 is 1.12 bits per heavy atom. The molecule has 176 valence electrons. The van der Waals surface area contributed by atoms with Crippen molar-refractivity contribution in [2.24, 2.45) is 0 Å². The summed E-state index contributed by atoms with van der Waals surface area (Å²) in [5.41, 5.74) is -0.130. The first-order valence-electron chi connectivity index (χ1n) is 10.1. The van der Waals surface area contributed by atoms with Crippen LogP contribution in [0.25, 0.3) is 0 Å². The number of nitrogens with zero attached hydrogens (tertiary/aromatic N) is 1. The Balaban J connectivity index is 2.27. The number of carbonyl (C=O) groups excluding carboxylic acids is 4. The minimum Gasteiger partial charge on any atom is -0.469 e. The molecule has 1 atom stereocenters. The van der Waals surface area contributed by atoms with Gasteiger partial charge in [-0.15, -0.1) is 0 Å². The third-order valence-electron chi connectivity index (χ3n) is 4.25. The van der Waals surface area contributed by atoms with Gasteiger partial charge in [-0.1, -0.05) is 22.0 Å². The summed E-state index contributed by atoms with van der Waals surface area (Å²) < 4.78 is 10.5. The maximum Gasteiger partial charge on any atom is 0.408 e. The summed E-state index contributed by atoms with van der Waals surface area (Å²) in [7, 11) is 1.23. The van der Waals surface area contributed by atoms with E-state index in [9.17, 15) is 19.2 Å². The highest BCUT2D eigenvalue weighted by molar-refractivity contribution is 9.10. The lowest BCUT2D eigenvalue weighted by Gasteiger charge is -2.23. The van der Waals surface area contributed by atoms with E-state index in [1.54, 1.807) is 57.2 Å². The van der Waals surface area contributed by atoms with Crippen LogP contribution >= 0.6 is 15.9 Å². The molecule has 2 rings (SSSR count). The van der Waals surface area contributed by atoms with E-state index in [4.69, 9.17) is 4.74 Å². The van der Waals surface area contributed by atoms with Gasteiger partial charge >= 0.3 is 12.1 Å². The van der Waals surface area contributed by atoms with Crippen LogP contribution in [0.5, 0.6) is 0 Å². The summed E-state index contributed by atoms with van der Waals surface area (Å²) in [6.07, 6.45) is 0.548. The van der Waals surface area contributed by atoms with Crippen molar-refractivity contribution in [3.05, 3.63) is 58.3 Å². The van der Waals surface area contributed by atoms with Gasteiger partial charge in [0.2, 0.25) is 11.7 Å². The lowest BCUT2D eigenvalue weighted by atomic mass is 10.0. The maximum atomic E-state index is 13.0. The number of halogens is 1. The van der Waals surface area contributed by atoms with Crippen molar-refractivity contribution in [1.82, 2.24) is 10.3 Å². The molecule has 0 saturated heterocycles. The number of nitrogens with one attached hydrogen (secondary N) is 2. The van der Waals surface area contributed by atoms with E-state index in [0.717, 1.165) is 0 Å². The average Bonchev–Trinajstić information content (AvgIpc) is 2.76. The number of ketones is 1. The molecule has 0 fully saturated rings. The van der Waals surface area contributed by atoms with Gasteiger partial charge in [0.1, 0.15) is 17.3 Å². The van der Waals surface area contributed by atoms with Crippen LogP contribution in [0.2, 0.25) is 0 Å². The number of aromatic nitrogens is 1. The van der Waals surface area contributed by atoms with Crippen molar-refractivity contribution >= 4 is 45.4 Å². The molecule has 0 aliphatic heterocycles. The van der Waals surface area contributed by atoms with E-state index in [2.05, 4.69) is 36.3 Å². The van der Waals surface area contributed by atoms with Crippen molar-refractivity contribution in [2.45, 2.75) is 45.3 Å². The Hall–Kier alpha value is -3.27. The zero-order valence-electron chi connectivity index (χ0n) is 18.8.